The van der Waals surface area contributed by atoms with E-state index in [2.05, 4.69) is 40.8 Å². The van der Waals surface area contributed by atoms with E-state index in [1.54, 1.807) is 0 Å². The van der Waals surface area contributed by atoms with E-state index >= 15 is 0 Å². The molecule has 2 N–H and O–H groups in total. The van der Waals surface area contributed by atoms with Gasteiger partial charge in [-0.15, -0.1) is 0 Å². The highest BCUT2D eigenvalue weighted by molar-refractivity contribution is 7.98. The number of aromatic nitrogens is 2. The van der Waals surface area contributed by atoms with Crippen molar-refractivity contribution >= 4 is 29.2 Å². The van der Waals surface area contributed by atoms with Crippen LogP contribution in [0, 0.1) is 18.3 Å². The summed E-state index contributed by atoms with van der Waals surface area (Å²) in [6, 6.07) is 10.7. The molecule has 0 radical (unpaired) electrons. The highest BCUT2D eigenvalue weighted by Crippen LogP contribution is 2.24. The molecule has 0 saturated carbocycles. The number of hydrogen-bond donors (Lipinski definition) is 2. The fourth-order valence-corrected chi connectivity index (χ4v) is 4.13. The van der Waals surface area contributed by atoms with E-state index in [0.717, 1.165) is 61.7 Å². The number of rotatable bonds is 10. The summed E-state index contributed by atoms with van der Waals surface area (Å²) in [5, 5.41) is 16.3. The highest BCUT2D eigenvalue weighted by atomic mass is 32.2. The van der Waals surface area contributed by atoms with Gasteiger partial charge in [0, 0.05) is 36.6 Å². The van der Waals surface area contributed by atoms with E-state index in [0.29, 0.717) is 17.6 Å². The Bertz CT molecular complexity index is 878. The predicted octanol–water partition coefficient (Wildman–Crippen LogP) is 4.27. The summed E-state index contributed by atoms with van der Waals surface area (Å²) in [4.78, 5) is 11.9. The molecule has 1 atom stereocenters. The zero-order chi connectivity index (χ0) is 21.3. The van der Waals surface area contributed by atoms with Crippen molar-refractivity contribution in [1.82, 2.24) is 15.3 Å². The molecule has 1 aliphatic rings. The van der Waals surface area contributed by atoms with Gasteiger partial charge in [0.2, 0.25) is 5.95 Å². The van der Waals surface area contributed by atoms with Crippen LogP contribution in [0.25, 0.3) is 0 Å². The minimum absolute atomic E-state index is 0.517. The Morgan fingerprint density at radius 1 is 1.30 bits per heavy atom. The smallest absolute Gasteiger partial charge is 0.229 e. The molecule has 3 rings (SSSR count). The lowest BCUT2D eigenvalue weighted by Crippen LogP contribution is -2.33. The van der Waals surface area contributed by atoms with Crippen LogP contribution in [0.5, 0.6) is 0 Å². The fourth-order valence-electron chi connectivity index (χ4n) is 3.69. The van der Waals surface area contributed by atoms with E-state index in [-0.39, 0.29) is 0 Å². The number of aryl methyl sites for hydroxylation is 2. The van der Waals surface area contributed by atoms with Crippen LogP contribution in [0.1, 0.15) is 43.0 Å². The first-order valence-corrected chi connectivity index (χ1v) is 12.1. The Morgan fingerprint density at radius 3 is 2.93 bits per heavy atom. The first-order chi connectivity index (χ1) is 14.6. The van der Waals surface area contributed by atoms with Crippen molar-refractivity contribution in [3.8, 4) is 6.07 Å². The van der Waals surface area contributed by atoms with Crippen molar-refractivity contribution < 1.29 is 0 Å². The molecule has 6 nitrogen and oxygen atoms in total. The Balaban J connectivity index is 1.73. The van der Waals surface area contributed by atoms with E-state index in [1.165, 1.54) is 12.2 Å². The molecule has 1 fully saturated rings. The molecule has 0 amide bonds. The number of anilines is 3. The lowest BCUT2D eigenvalue weighted by atomic mass is 10.1. The number of hydrogen-bond acceptors (Lipinski definition) is 7. The average molecular weight is 425 g/mol. The first-order valence-electron chi connectivity index (χ1n) is 10.8. The molecule has 1 aromatic carbocycles. The number of thioether (sulfide) groups is 1. The maximum Gasteiger partial charge on any atom is 0.229 e. The molecule has 7 heteroatoms. The van der Waals surface area contributed by atoms with Crippen LogP contribution in [0.15, 0.2) is 24.3 Å². The van der Waals surface area contributed by atoms with Crippen molar-refractivity contribution in [2.45, 2.75) is 45.6 Å². The van der Waals surface area contributed by atoms with Crippen LogP contribution in [0.2, 0.25) is 0 Å². The third kappa shape index (κ3) is 6.10. The van der Waals surface area contributed by atoms with Gasteiger partial charge in [0.05, 0.1) is 11.6 Å². The maximum atomic E-state index is 9.30. The van der Waals surface area contributed by atoms with Crippen molar-refractivity contribution in [3.63, 3.8) is 0 Å². The molecule has 0 aliphatic carbocycles. The molecule has 0 bridgehead atoms. The van der Waals surface area contributed by atoms with Gasteiger partial charge in [0.15, 0.2) is 0 Å². The van der Waals surface area contributed by atoms with Gasteiger partial charge in [-0.1, -0.05) is 19.4 Å². The average Bonchev–Trinajstić information content (AvgIpc) is 3.22. The third-order valence-electron chi connectivity index (χ3n) is 5.36. The van der Waals surface area contributed by atoms with Gasteiger partial charge in [-0.05, 0) is 62.4 Å². The van der Waals surface area contributed by atoms with E-state index in [4.69, 9.17) is 9.97 Å². The van der Waals surface area contributed by atoms with Gasteiger partial charge in [-0.2, -0.15) is 22.0 Å². The van der Waals surface area contributed by atoms with Crippen LogP contribution in [-0.4, -0.2) is 47.7 Å². The second-order valence-corrected chi connectivity index (χ2v) is 8.78. The standard InChI is InChI=1S/C23H32N6S/c1-4-6-19-14-22(29-11-9-21(16-29)25-10-5-12-30-3)28-23(26-19)27-20-8-7-17(2)18(13-20)15-24/h7-8,13-14,21,25H,4-6,9-12,16H2,1-3H3,(H,26,27,28). The van der Waals surface area contributed by atoms with Gasteiger partial charge in [0.1, 0.15) is 5.82 Å². The lowest BCUT2D eigenvalue weighted by molar-refractivity contribution is 0.550. The Hall–Kier alpha value is -2.30. The SMILES string of the molecule is CCCc1cc(N2CCC(NCCCSC)C2)nc(Nc2ccc(C)c(C#N)c2)n1. The second-order valence-electron chi connectivity index (χ2n) is 7.79. The summed E-state index contributed by atoms with van der Waals surface area (Å²) in [7, 11) is 0. The number of nitrogens with zero attached hydrogens (tertiary/aromatic N) is 4. The summed E-state index contributed by atoms with van der Waals surface area (Å²) in [6.07, 6.45) is 6.47. The molecule has 2 heterocycles. The largest absolute Gasteiger partial charge is 0.355 e. The van der Waals surface area contributed by atoms with Crippen LogP contribution < -0.4 is 15.5 Å². The quantitative estimate of drug-likeness (QED) is 0.551. The normalized spacial score (nSPS) is 15.9. The van der Waals surface area contributed by atoms with Crippen molar-refractivity contribution in [3.05, 3.63) is 41.1 Å². The molecular formula is C23H32N6S. The molecule has 1 aliphatic heterocycles. The second kappa shape index (κ2) is 11.2. The van der Waals surface area contributed by atoms with E-state index in [1.807, 2.05) is 36.9 Å². The van der Waals surface area contributed by atoms with Gasteiger partial charge in [-0.3, -0.25) is 0 Å². The minimum atomic E-state index is 0.517. The summed E-state index contributed by atoms with van der Waals surface area (Å²) < 4.78 is 0. The molecular weight excluding hydrogens is 392 g/mol. The third-order valence-corrected chi connectivity index (χ3v) is 6.05. The van der Waals surface area contributed by atoms with E-state index < -0.39 is 0 Å². The number of nitrogens with one attached hydrogen (secondary N) is 2. The van der Waals surface area contributed by atoms with Crippen molar-refractivity contribution in [2.75, 3.05) is 41.9 Å². The van der Waals surface area contributed by atoms with Crippen molar-refractivity contribution in [2.24, 2.45) is 0 Å². The summed E-state index contributed by atoms with van der Waals surface area (Å²) in [5.41, 5.74) is 3.53. The zero-order valence-corrected chi connectivity index (χ0v) is 19.1. The molecule has 0 spiro atoms. The number of nitriles is 1. The van der Waals surface area contributed by atoms with Gasteiger partial charge >= 0.3 is 0 Å². The lowest BCUT2D eigenvalue weighted by Gasteiger charge is -2.20. The molecule has 1 saturated heterocycles. The van der Waals surface area contributed by atoms with E-state index in [9.17, 15) is 5.26 Å². The van der Waals surface area contributed by atoms with Gasteiger partial charge in [-0.25, -0.2) is 4.98 Å². The molecule has 2 aromatic rings. The molecule has 160 valence electrons. The van der Waals surface area contributed by atoms with Crippen LogP contribution in [0.3, 0.4) is 0 Å². The minimum Gasteiger partial charge on any atom is -0.355 e. The maximum absolute atomic E-state index is 9.30. The molecule has 1 unspecified atom stereocenters. The molecule has 30 heavy (non-hydrogen) atoms. The van der Waals surface area contributed by atoms with Gasteiger partial charge < -0.3 is 15.5 Å². The van der Waals surface area contributed by atoms with Gasteiger partial charge in [0.25, 0.3) is 0 Å². The van der Waals surface area contributed by atoms with Crippen molar-refractivity contribution in [1.29, 1.82) is 5.26 Å². The topological polar surface area (TPSA) is 76.9 Å². The Morgan fingerprint density at radius 2 is 2.17 bits per heavy atom. The first kappa shape index (κ1) is 22.4. The zero-order valence-electron chi connectivity index (χ0n) is 18.2. The Kier molecular flexibility index (Phi) is 8.35. The summed E-state index contributed by atoms with van der Waals surface area (Å²) in [5.74, 6) is 2.79. The summed E-state index contributed by atoms with van der Waals surface area (Å²) in [6.45, 7) is 7.16. The highest BCUT2D eigenvalue weighted by Gasteiger charge is 2.24. The van der Waals surface area contributed by atoms with Crippen LogP contribution in [-0.2, 0) is 6.42 Å². The number of benzene rings is 1. The van der Waals surface area contributed by atoms with Crippen LogP contribution >= 0.6 is 11.8 Å². The summed E-state index contributed by atoms with van der Waals surface area (Å²) >= 11 is 1.90. The monoisotopic (exact) mass is 424 g/mol. The Labute approximate surface area is 184 Å². The van der Waals surface area contributed by atoms with Crippen LogP contribution in [0.4, 0.5) is 17.5 Å². The fraction of sp³-hybridized carbons (Fsp3) is 0.522. The molecule has 1 aromatic heterocycles. The predicted molar refractivity (Wildman–Crippen MR) is 127 cm³/mol.